The molecule has 0 bridgehead atoms. The van der Waals surface area contributed by atoms with E-state index in [-0.39, 0.29) is 0 Å². The summed E-state index contributed by atoms with van der Waals surface area (Å²) in [5.41, 5.74) is 3.57. The predicted molar refractivity (Wildman–Crippen MR) is 68.7 cm³/mol. The van der Waals surface area contributed by atoms with E-state index in [4.69, 9.17) is 4.42 Å². The van der Waals surface area contributed by atoms with Crippen LogP contribution < -0.4 is 5.43 Å². The molecule has 4 nitrogen and oxygen atoms in total. The minimum absolute atomic E-state index is 0.503. The molecule has 17 heavy (non-hydrogen) atoms. The average molecular weight is 237 g/mol. The second-order valence-electron chi connectivity index (χ2n) is 4.94. The maximum atomic E-state index is 5.34. The van der Waals surface area contributed by atoms with Gasteiger partial charge in [-0.2, -0.15) is 0 Å². The number of hydrogen-bond donors (Lipinski definition) is 1. The summed E-state index contributed by atoms with van der Waals surface area (Å²) in [6, 6.07) is 4.50. The highest BCUT2D eigenvalue weighted by Crippen LogP contribution is 2.06. The number of aryl methyl sites for hydroxylation is 1. The number of hydrazine groups is 1. The highest BCUT2D eigenvalue weighted by atomic mass is 16.3. The molecule has 1 saturated heterocycles. The van der Waals surface area contributed by atoms with Crippen LogP contribution in [0.3, 0.4) is 0 Å². The third-order valence-electron chi connectivity index (χ3n) is 3.31. The number of furan rings is 1. The molecule has 2 rings (SSSR count). The van der Waals surface area contributed by atoms with Crippen molar-refractivity contribution in [1.82, 2.24) is 15.3 Å². The molecule has 1 aliphatic rings. The number of likely N-dealkylation sites (N-methyl/N-ethyl adjacent to an activating group) is 1. The van der Waals surface area contributed by atoms with Gasteiger partial charge in [-0.1, -0.05) is 0 Å². The first-order valence-electron chi connectivity index (χ1n) is 6.46. The fourth-order valence-corrected chi connectivity index (χ4v) is 2.13. The molecule has 0 aliphatic carbocycles. The van der Waals surface area contributed by atoms with Crippen LogP contribution in [0.2, 0.25) is 0 Å². The molecule has 0 spiro atoms. The smallest absolute Gasteiger partial charge is 0.103 e. The maximum Gasteiger partial charge on any atom is 0.103 e. The van der Waals surface area contributed by atoms with Gasteiger partial charge in [-0.25, -0.2) is 5.01 Å². The van der Waals surface area contributed by atoms with E-state index in [1.807, 2.05) is 12.1 Å². The van der Waals surface area contributed by atoms with Crippen molar-refractivity contribution in [2.45, 2.75) is 25.8 Å². The molecular formula is C13H23N3O. The Morgan fingerprint density at radius 1 is 1.35 bits per heavy atom. The van der Waals surface area contributed by atoms with E-state index in [9.17, 15) is 0 Å². The van der Waals surface area contributed by atoms with E-state index in [0.29, 0.717) is 6.04 Å². The van der Waals surface area contributed by atoms with Gasteiger partial charge in [0.15, 0.2) is 0 Å². The quantitative estimate of drug-likeness (QED) is 0.838. The van der Waals surface area contributed by atoms with Crippen LogP contribution in [-0.2, 0) is 6.42 Å². The van der Waals surface area contributed by atoms with Crippen molar-refractivity contribution in [1.29, 1.82) is 0 Å². The van der Waals surface area contributed by atoms with Crippen LogP contribution in [0.25, 0.3) is 0 Å². The molecule has 1 N–H and O–H groups in total. The lowest BCUT2D eigenvalue weighted by Crippen LogP contribution is -2.53. The summed E-state index contributed by atoms with van der Waals surface area (Å²) in [6.45, 7) is 6.76. The standard InChI is InChI=1S/C13H23N3O/c1-12(5-6-13-4-3-11-17-13)14-16-9-7-15(2)8-10-16/h3-4,11-12,14H,5-10H2,1-2H3. The first-order chi connectivity index (χ1) is 8.24. The Labute approximate surface area is 104 Å². The van der Waals surface area contributed by atoms with Crippen molar-refractivity contribution in [2.75, 3.05) is 33.2 Å². The average Bonchev–Trinajstić information content (AvgIpc) is 2.83. The second kappa shape index (κ2) is 6.19. The molecular weight excluding hydrogens is 214 g/mol. The van der Waals surface area contributed by atoms with Gasteiger partial charge < -0.3 is 9.32 Å². The van der Waals surface area contributed by atoms with Gasteiger partial charge in [0.1, 0.15) is 5.76 Å². The zero-order valence-corrected chi connectivity index (χ0v) is 10.9. The van der Waals surface area contributed by atoms with E-state index in [0.717, 1.165) is 44.8 Å². The van der Waals surface area contributed by atoms with Gasteiger partial charge in [-0.15, -0.1) is 0 Å². The fourth-order valence-electron chi connectivity index (χ4n) is 2.13. The molecule has 0 amide bonds. The van der Waals surface area contributed by atoms with Crippen molar-refractivity contribution < 1.29 is 4.42 Å². The maximum absolute atomic E-state index is 5.34. The minimum atomic E-state index is 0.503. The number of hydrogen-bond acceptors (Lipinski definition) is 4. The SMILES string of the molecule is CC(CCc1ccco1)NN1CCN(C)CC1. The van der Waals surface area contributed by atoms with Crippen LogP contribution >= 0.6 is 0 Å². The van der Waals surface area contributed by atoms with Gasteiger partial charge in [-0.05, 0) is 32.5 Å². The van der Waals surface area contributed by atoms with Crippen LogP contribution in [0.5, 0.6) is 0 Å². The second-order valence-corrected chi connectivity index (χ2v) is 4.94. The van der Waals surface area contributed by atoms with Crippen LogP contribution in [0.1, 0.15) is 19.1 Å². The Bertz CT molecular complexity index is 304. The van der Waals surface area contributed by atoms with Gasteiger partial charge in [0.2, 0.25) is 0 Å². The molecule has 1 fully saturated rings. The van der Waals surface area contributed by atoms with Crippen molar-refractivity contribution in [3.05, 3.63) is 24.2 Å². The summed E-state index contributed by atoms with van der Waals surface area (Å²) < 4.78 is 5.34. The van der Waals surface area contributed by atoms with Crippen molar-refractivity contribution >= 4 is 0 Å². The summed E-state index contributed by atoms with van der Waals surface area (Å²) in [6.07, 6.45) is 3.86. The predicted octanol–water partition coefficient (Wildman–Crippen LogP) is 1.35. The topological polar surface area (TPSA) is 31.7 Å². The van der Waals surface area contributed by atoms with E-state index in [1.54, 1.807) is 6.26 Å². The number of rotatable bonds is 5. The third-order valence-corrected chi connectivity index (χ3v) is 3.31. The van der Waals surface area contributed by atoms with E-state index >= 15 is 0 Å². The number of piperazine rings is 1. The Kier molecular flexibility index (Phi) is 4.59. The largest absolute Gasteiger partial charge is 0.469 e. The van der Waals surface area contributed by atoms with Crippen LogP contribution in [0, 0.1) is 0 Å². The minimum Gasteiger partial charge on any atom is -0.469 e. The number of nitrogens with one attached hydrogen (secondary N) is 1. The van der Waals surface area contributed by atoms with Crippen molar-refractivity contribution in [3.8, 4) is 0 Å². The molecule has 1 aromatic rings. The summed E-state index contributed by atoms with van der Waals surface area (Å²) in [5, 5.41) is 2.34. The molecule has 0 radical (unpaired) electrons. The Hall–Kier alpha value is -0.840. The van der Waals surface area contributed by atoms with Gasteiger partial charge >= 0.3 is 0 Å². The van der Waals surface area contributed by atoms with Crippen LogP contribution in [-0.4, -0.2) is 49.2 Å². The van der Waals surface area contributed by atoms with E-state index < -0.39 is 0 Å². The van der Waals surface area contributed by atoms with E-state index in [2.05, 4.69) is 29.3 Å². The molecule has 1 aromatic heterocycles. The lowest BCUT2D eigenvalue weighted by Gasteiger charge is -2.34. The van der Waals surface area contributed by atoms with Crippen molar-refractivity contribution in [3.63, 3.8) is 0 Å². The summed E-state index contributed by atoms with van der Waals surface area (Å²) >= 11 is 0. The molecule has 4 heteroatoms. The molecule has 1 unspecified atom stereocenters. The molecule has 96 valence electrons. The van der Waals surface area contributed by atoms with Crippen LogP contribution in [0.4, 0.5) is 0 Å². The normalized spacial score (nSPS) is 20.6. The number of nitrogens with zero attached hydrogens (tertiary/aromatic N) is 2. The van der Waals surface area contributed by atoms with Gasteiger partial charge in [-0.3, -0.25) is 5.43 Å². The Balaban J connectivity index is 1.65. The molecule has 2 heterocycles. The molecule has 1 aliphatic heterocycles. The van der Waals surface area contributed by atoms with Gasteiger partial charge in [0, 0.05) is 38.6 Å². The first-order valence-corrected chi connectivity index (χ1v) is 6.46. The fraction of sp³-hybridized carbons (Fsp3) is 0.692. The van der Waals surface area contributed by atoms with E-state index in [1.165, 1.54) is 0 Å². The van der Waals surface area contributed by atoms with Crippen molar-refractivity contribution in [2.24, 2.45) is 0 Å². The third kappa shape index (κ3) is 4.15. The zero-order chi connectivity index (χ0) is 12.1. The molecule has 0 saturated carbocycles. The summed E-state index contributed by atoms with van der Waals surface area (Å²) in [4.78, 5) is 2.37. The summed E-state index contributed by atoms with van der Waals surface area (Å²) in [7, 11) is 2.18. The highest BCUT2D eigenvalue weighted by Gasteiger charge is 2.15. The highest BCUT2D eigenvalue weighted by molar-refractivity contribution is 4.98. The summed E-state index contributed by atoms with van der Waals surface area (Å²) in [5.74, 6) is 1.08. The first kappa shape index (κ1) is 12.6. The van der Waals surface area contributed by atoms with Crippen LogP contribution in [0.15, 0.2) is 22.8 Å². The zero-order valence-electron chi connectivity index (χ0n) is 10.9. The molecule has 0 aromatic carbocycles. The van der Waals surface area contributed by atoms with Gasteiger partial charge in [0.25, 0.3) is 0 Å². The Morgan fingerprint density at radius 2 is 2.12 bits per heavy atom. The Morgan fingerprint density at radius 3 is 2.76 bits per heavy atom. The van der Waals surface area contributed by atoms with Gasteiger partial charge in [0.05, 0.1) is 6.26 Å². The lowest BCUT2D eigenvalue weighted by atomic mass is 10.1. The monoisotopic (exact) mass is 237 g/mol. The lowest BCUT2D eigenvalue weighted by molar-refractivity contribution is 0.0880. The molecule has 1 atom stereocenters.